The lowest BCUT2D eigenvalue weighted by Crippen LogP contribution is -2.49. The van der Waals surface area contributed by atoms with E-state index in [0.717, 1.165) is 10.6 Å². The Morgan fingerprint density at radius 3 is 3.21 bits per heavy atom. The van der Waals surface area contributed by atoms with E-state index in [4.69, 9.17) is 14.4 Å². The SMILES string of the molecule is C/C(=N/OCC(=O)N1CCOC(COn2nnc3cccnc32)C1)c1cccs1. The number of nitrogens with zero attached hydrogens (tertiary/aromatic N) is 6. The third kappa shape index (κ3) is 4.69. The quantitative estimate of drug-likeness (QED) is 0.418. The maximum Gasteiger partial charge on any atom is 0.263 e. The van der Waals surface area contributed by atoms with Crippen molar-refractivity contribution in [2.75, 3.05) is 32.9 Å². The number of hydrogen-bond acceptors (Lipinski definition) is 9. The first-order valence-electron chi connectivity index (χ1n) is 9.10. The molecule has 0 bridgehead atoms. The number of rotatable bonds is 7. The van der Waals surface area contributed by atoms with Crippen molar-refractivity contribution >= 4 is 34.1 Å². The van der Waals surface area contributed by atoms with E-state index in [2.05, 4.69) is 20.5 Å². The summed E-state index contributed by atoms with van der Waals surface area (Å²) in [6, 6.07) is 7.48. The monoisotopic (exact) mass is 416 g/mol. The van der Waals surface area contributed by atoms with E-state index in [0.29, 0.717) is 30.9 Å². The molecule has 1 saturated heterocycles. The van der Waals surface area contributed by atoms with Gasteiger partial charge in [0, 0.05) is 12.7 Å². The van der Waals surface area contributed by atoms with Gasteiger partial charge in [-0.05, 0) is 35.7 Å². The first kappa shape index (κ1) is 19.3. The molecule has 4 heterocycles. The van der Waals surface area contributed by atoms with Gasteiger partial charge in [0.1, 0.15) is 18.2 Å². The zero-order valence-electron chi connectivity index (χ0n) is 15.8. The molecule has 1 fully saturated rings. The van der Waals surface area contributed by atoms with Gasteiger partial charge >= 0.3 is 0 Å². The molecule has 10 nitrogen and oxygen atoms in total. The molecule has 3 aromatic rings. The Morgan fingerprint density at radius 2 is 2.34 bits per heavy atom. The van der Waals surface area contributed by atoms with Gasteiger partial charge in [-0.15, -0.1) is 16.4 Å². The Bertz CT molecular complexity index is 989. The molecule has 1 aliphatic rings. The molecule has 0 N–H and O–H groups in total. The fourth-order valence-corrected chi connectivity index (χ4v) is 3.51. The highest BCUT2D eigenvalue weighted by molar-refractivity contribution is 7.12. The van der Waals surface area contributed by atoms with E-state index >= 15 is 0 Å². The minimum Gasteiger partial charge on any atom is -0.391 e. The van der Waals surface area contributed by atoms with Crippen LogP contribution in [0.15, 0.2) is 41.0 Å². The van der Waals surface area contributed by atoms with Crippen molar-refractivity contribution in [1.29, 1.82) is 0 Å². The second-order valence-corrected chi connectivity index (χ2v) is 7.31. The molecule has 152 valence electrons. The van der Waals surface area contributed by atoms with Gasteiger partial charge in [-0.2, -0.15) is 0 Å². The number of hydrogen-bond donors (Lipinski definition) is 0. The topological polar surface area (TPSA) is 104 Å². The van der Waals surface area contributed by atoms with Crippen LogP contribution in [0, 0.1) is 0 Å². The first-order valence-corrected chi connectivity index (χ1v) is 9.98. The number of pyridine rings is 1. The summed E-state index contributed by atoms with van der Waals surface area (Å²) in [5.74, 6) is -0.145. The molecule has 1 amide bonds. The van der Waals surface area contributed by atoms with Crippen molar-refractivity contribution in [2.24, 2.45) is 5.16 Å². The number of morpholine rings is 1. The third-order valence-corrected chi connectivity index (χ3v) is 5.30. The molecule has 0 spiro atoms. The second kappa shape index (κ2) is 8.97. The summed E-state index contributed by atoms with van der Waals surface area (Å²) in [5, 5.41) is 13.9. The van der Waals surface area contributed by atoms with Gasteiger partial charge in [0.05, 0.1) is 23.7 Å². The van der Waals surface area contributed by atoms with Crippen LogP contribution in [0.1, 0.15) is 11.8 Å². The van der Waals surface area contributed by atoms with Gasteiger partial charge in [-0.1, -0.05) is 16.1 Å². The molecular formula is C18H20N6O4S. The van der Waals surface area contributed by atoms with E-state index < -0.39 is 0 Å². The number of carbonyl (C=O) groups is 1. The summed E-state index contributed by atoms with van der Waals surface area (Å²) in [7, 11) is 0. The van der Waals surface area contributed by atoms with E-state index in [9.17, 15) is 4.79 Å². The standard InChI is InChI=1S/C18H20N6O4S/c1-13(16-5-3-9-29-16)21-27-12-17(25)23-7-8-26-14(10-23)11-28-24-18-15(20-22-24)4-2-6-19-18/h2-6,9,14H,7-8,10-12H2,1H3/b21-13-. The minimum absolute atomic E-state index is 0.117. The second-order valence-electron chi connectivity index (χ2n) is 6.36. The van der Waals surface area contributed by atoms with Crippen LogP contribution in [0.4, 0.5) is 0 Å². The van der Waals surface area contributed by atoms with E-state index in [1.807, 2.05) is 24.4 Å². The maximum atomic E-state index is 12.4. The normalized spacial score (nSPS) is 17.5. The first-order chi connectivity index (χ1) is 14.2. The molecule has 11 heteroatoms. The van der Waals surface area contributed by atoms with Crippen LogP contribution >= 0.6 is 11.3 Å². The van der Waals surface area contributed by atoms with Crippen molar-refractivity contribution in [1.82, 2.24) is 25.0 Å². The number of amides is 1. The highest BCUT2D eigenvalue weighted by atomic mass is 32.1. The molecule has 1 unspecified atom stereocenters. The van der Waals surface area contributed by atoms with Crippen molar-refractivity contribution in [3.63, 3.8) is 0 Å². The molecule has 0 aromatic carbocycles. The van der Waals surface area contributed by atoms with Crippen molar-refractivity contribution in [3.05, 3.63) is 40.7 Å². The Kier molecular flexibility index (Phi) is 5.96. The van der Waals surface area contributed by atoms with Crippen LogP contribution < -0.4 is 4.84 Å². The molecular weight excluding hydrogens is 396 g/mol. The summed E-state index contributed by atoms with van der Waals surface area (Å²) in [6.45, 7) is 3.27. The number of thiophene rings is 1. The Balaban J connectivity index is 1.26. The zero-order valence-corrected chi connectivity index (χ0v) is 16.6. The van der Waals surface area contributed by atoms with Crippen molar-refractivity contribution in [2.45, 2.75) is 13.0 Å². The molecule has 0 aliphatic carbocycles. The summed E-state index contributed by atoms with van der Waals surface area (Å²) < 4.78 is 5.69. The summed E-state index contributed by atoms with van der Waals surface area (Å²) in [4.78, 5) is 31.5. The predicted molar refractivity (Wildman–Crippen MR) is 106 cm³/mol. The smallest absolute Gasteiger partial charge is 0.263 e. The molecule has 0 saturated carbocycles. The van der Waals surface area contributed by atoms with Crippen LogP contribution in [0.5, 0.6) is 0 Å². The number of carbonyl (C=O) groups excluding carboxylic acids is 1. The fraction of sp³-hybridized carbons (Fsp3) is 0.389. The van der Waals surface area contributed by atoms with Crippen LogP contribution in [0.25, 0.3) is 11.2 Å². The van der Waals surface area contributed by atoms with Gasteiger partial charge in [0.2, 0.25) is 5.65 Å². The zero-order chi connectivity index (χ0) is 20.1. The van der Waals surface area contributed by atoms with Gasteiger partial charge in [-0.25, -0.2) is 4.98 Å². The van der Waals surface area contributed by atoms with Crippen LogP contribution in [0.2, 0.25) is 0 Å². The van der Waals surface area contributed by atoms with Gasteiger partial charge in [0.25, 0.3) is 5.91 Å². The van der Waals surface area contributed by atoms with Gasteiger partial charge in [0.15, 0.2) is 6.61 Å². The lowest BCUT2D eigenvalue weighted by Gasteiger charge is -2.32. The highest BCUT2D eigenvalue weighted by Crippen LogP contribution is 2.11. The summed E-state index contributed by atoms with van der Waals surface area (Å²) in [5.41, 5.74) is 1.92. The molecule has 3 aromatic heterocycles. The van der Waals surface area contributed by atoms with Crippen molar-refractivity contribution < 1.29 is 19.2 Å². The molecule has 0 radical (unpaired) electrons. The average Bonchev–Trinajstić information content (AvgIpc) is 3.42. The largest absolute Gasteiger partial charge is 0.391 e. The van der Waals surface area contributed by atoms with E-state index in [-0.39, 0.29) is 25.2 Å². The van der Waals surface area contributed by atoms with Crippen LogP contribution in [-0.2, 0) is 14.4 Å². The van der Waals surface area contributed by atoms with Gasteiger partial charge in [-0.3, -0.25) is 4.79 Å². The Morgan fingerprint density at radius 1 is 1.41 bits per heavy atom. The highest BCUT2D eigenvalue weighted by Gasteiger charge is 2.25. The summed E-state index contributed by atoms with van der Waals surface area (Å²) in [6.07, 6.45) is 1.36. The van der Waals surface area contributed by atoms with Crippen LogP contribution in [0.3, 0.4) is 0 Å². The number of aromatic nitrogens is 4. The maximum absolute atomic E-state index is 12.4. The average molecular weight is 416 g/mol. The van der Waals surface area contributed by atoms with Gasteiger partial charge < -0.3 is 19.3 Å². The van der Waals surface area contributed by atoms with E-state index in [1.54, 1.807) is 34.6 Å². The Hall–Kier alpha value is -3.05. The predicted octanol–water partition coefficient (Wildman–Crippen LogP) is 0.985. The molecule has 1 aliphatic heterocycles. The third-order valence-electron chi connectivity index (χ3n) is 4.32. The number of ether oxygens (including phenoxy) is 1. The van der Waals surface area contributed by atoms with E-state index in [1.165, 1.54) is 4.85 Å². The lowest BCUT2D eigenvalue weighted by atomic mass is 10.3. The molecule has 4 rings (SSSR count). The van der Waals surface area contributed by atoms with Crippen LogP contribution in [-0.4, -0.2) is 75.7 Å². The summed E-state index contributed by atoms with van der Waals surface area (Å²) >= 11 is 1.57. The Labute approximate surface area is 170 Å². The minimum atomic E-state index is -0.285. The molecule has 29 heavy (non-hydrogen) atoms. The number of oxime groups is 1. The molecule has 1 atom stereocenters. The number of fused-ring (bicyclic) bond motifs is 1. The van der Waals surface area contributed by atoms with Crippen molar-refractivity contribution in [3.8, 4) is 0 Å². The lowest BCUT2D eigenvalue weighted by molar-refractivity contribution is -0.146. The fourth-order valence-electron chi connectivity index (χ4n) is 2.84.